The maximum Gasteiger partial charge on any atom is 0.336 e. The SMILES string of the molecule is Cc1ccc(NC(=O)CCN)cc1C(=O)O. The molecular weight excluding hydrogens is 208 g/mol. The van der Waals surface area contributed by atoms with E-state index in [2.05, 4.69) is 5.32 Å². The first-order chi connectivity index (χ1) is 7.54. The minimum atomic E-state index is -1.01. The van der Waals surface area contributed by atoms with E-state index in [0.29, 0.717) is 11.3 Å². The standard InChI is InChI=1S/C11H14N2O3/c1-7-2-3-8(6-9(7)11(15)16)13-10(14)4-5-12/h2-3,6H,4-5,12H2,1H3,(H,13,14)(H,15,16). The molecule has 0 heterocycles. The number of amides is 1. The maximum atomic E-state index is 11.2. The summed E-state index contributed by atoms with van der Waals surface area (Å²) in [6.07, 6.45) is 0.219. The van der Waals surface area contributed by atoms with E-state index >= 15 is 0 Å². The molecule has 1 aromatic carbocycles. The summed E-state index contributed by atoms with van der Waals surface area (Å²) in [4.78, 5) is 22.1. The van der Waals surface area contributed by atoms with Crippen molar-refractivity contribution < 1.29 is 14.7 Å². The van der Waals surface area contributed by atoms with Gasteiger partial charge in [0.2, 0.25) is 5.91 Å². The second-order valence-corrected chi connectivity index (χ2v) is 3.42. The van der Waals surface area contributed by atoms with Crippen LogP contribution in [0.3, 0.4) is 0 Å². The first-order valence-corrected chi connectivity index (χ1v) is 4.88. The van der Waals surface area contributed by atoms with Gasteiger partial charge in [-0.2, -0.15) is 0 Å². The summed E-state index contributed by atoms with van der Waals surface area (Å²) in [5.74, 6) is -1.23. The number of aromatic carboxylic acids is 1. The fraction of sp³-hybridized carbons (Fsp3) is 0.273. The normalized spacial score (nSPS) is 9.88. The predicted molar refractivity (Wildman–Crippen MR) is 60.4 cm³/mol. The molecule has 1 amide bonds. The average Bonchev–Trinajstić information content (AvgIpc) is 2.21. The van der Waals surface area contributed by atoms with Crippen molar-refractivity contribution in [3.05, 3.63) is 29.3 Å². The van der Waals surface area contributed by atoms with Crippen LogP contribution in [-0.2, 0) is 4.79 Å². The molecule has 0 aliphatic rings. The summed E-state index contributed by atoms with van der Waals surface area (Å²) in [6.45, 7) is 1.97. The molecule has 0 aromatic heterocycles. The Labute approximate surface area is 93.3 Å². The van der Waals surface area contributed by atoms with Crippen LogP contribution >= 0.6 is 0 Å². The van der Waals surface area contributed by atoms with E-state index < -0.39 is 5.97 Å². The Morgan fingerprint density at radius 3 is 2.69 bits per heavy atom. The third-order valence-electron chi connectivity index (χ3n) is 2.12. The number of carbonyl (C=O) groups is 2. The van der Waals surface area contributed by atoms with Gasteiger partial charge in [-0.3, -0.25) is 4.79 Å². The lowest BCUT2D eigenvalue weighted by atomic mass is 10.1. The number of anilines is 1. The largest absolute Gasteiger partial charge is 0.478 e. The van der Waals surface area contributed by atoms with E-state index in [1.54, 1.807) is 19.1 Å². The van der Waals surface area contributed by atoms with Gasteiger partial charge in [0.1, 0.15) is 0 Å². The van der Waals surface area contributed by atoms with Crippen LogP contribution in [0.15, 0.2) is 18.2 Å². The Kier molecular flexibility index (Phi) is 4.02. The van der Waals surface area contributed by atoms with Gasteiger partial charge in [0.05, 0.1) is 5.56 Å². The average molecular weight is 222 g/mol. The molecule has 0 unspecified atom stereocenters. The van der Waals surface area contributed by atoms with Crippen LogP contribution < -0.4 is 11.1 Å². The molecule has 16 heavy (non-hydrogen) atoms. The summed E-state index contributed by atoms with van der Waals surface area (Å²) in [5.41, 5.74) is 6.55. The van der Waals surface area contributed by atoms with Gasteiger partial charge in [0, 0.05) is 18.7 Å². The van der Waals surface area contributed by atoms with Crippen LogP contribution in [0.4, 0.5) is 5.69 Å². The van der Waals surface area contributed by atoms with E-state index in [1.807, 2.05) is 0 Å². The quantitative estimate of drug-likeness (QED) is 0.708. The fourth-order valence-corrected chi connectivity index (χ4v) is 1.28. The molecule has 4 N–H and O–H groups in total. The third kappa shape index (κ3) is 3.06. The number of nitrogens with two attached hydrogens (primary N) is 1. The molecule has 0 spiro atoms. The zero-order valence-electron chi connectivity index (χ0n) is 8.99. The first-order valence-electron chi connectivity index (χ1n) is 4.88. The molecule has 0 aliphatic carbocycles. The van der Waals surface area contributed by atoms with E-state index in [0.717, 1.165) is 0 Å². The van der Waals surface area contributed by atoms with Crippen molar-refractivity contribution in [2.24, 2.45) is 5.73 Å². The van der Waals surface area contributed by atoms with Crippen molar-refractivity contribution in [3.63, 3.8) is 0 Å². The van der Waals surface area contributed by atoms with Gasteiger partial charge in [-0.25, -0.2) is 4.79 Å². The molecular formula is C11H14N2O3. The van der Waals surface area contributed by atoms with E-state index in [1.165, 1.54) is 6.07 Å². The number of benzene rings is 1. The van der Waals surface area contributed by atoms with Crippen LogP contribution in [0.5, 0.6) is 0 Å². The summed E-state index contributed by atoms with van der Waals surface area (Å²) in [6, 6.07) is 4.75. The van der Waals surface area contributed by atoms with Crippen molar-refractivity contribution in [2.75, 3.05) is 11.9 Å². The maximum absolute atomic E-state index is 11.2. The molecule has 0 aliphatic heterocycles. The van der Waals surface area contributed by atoms with Crippen LogP contribution in [0.1, 0.15) is 22.3 Å². The molecule has 0 saturated carbocycles. The third-order valence-corrected chi connectivity index (χ3v) is 2.12. The van der Waals surface area contributed by atoms with Gasteiger partial charge in [0.25, 0.3) is 0 Å². The molecule has 0 atom stereocenters. The van der Waals surface area contributed by atoms with Crippen molar-refractivity contribution in [1.82, 2.24) is 0 Å². The minimum Gasteiger partial charge on any atom is -0.478 e. The molecule has 0 fully saturated rings. The van der Waals surface area contributed by atoms with Gasteiger partial charge in [-0.1, -0.05) is 6.07 Å². The lowest BCUT2D eigenvalue weighted by Gasteiger charge is -2.07. The summed E-state index contributed by atoms with van der Waals surface area (Å²) < 4.78 is 0. The number of carboxylic acids is 1. The topological polar surface area (TPSA) is 92.4 Å². The van der Waals surface area contributed by atoms with Crippen molar-refractivity contribution in [1.29, 1.82) is 0 Å². The van der Waals surface area contributed by atoms with Gasteiger partial charge in [0.15, 0.2) is 0 Å². The zero-order chi connectivity index (χ0) is 12.1. The van der Waals surface area contributed by atoms with Crippen molar-refractivity contribution in [2.45, 2.75) is 13.3 Å². The van der Waals surface area contributed by atoms with Gasteiger partial charge < -0.3 is 16.2 Å². The molecule has 0 saturated heterocycles. The fourth-order valence-electron chi connectivity index (χ4n) is 1.28. The number of carboxylic acid groups (broad SMARTS) is 1. The number of rotatable bonds is 4. The first kappa shape index (κ1) is 12.2. The predicted octanol–water partition coefficient (Wildman–Crippen LogP) is 0.981. The van der Waals surface area contributed by atoms with Gasteiger partial charge >= 0.3 is 5.97 Å². The lowest BCUT2D eigenvalue weighted by Crippen LogP contribution is -2.16. The minimum absolute atomic E-state index is 0.186. The molecule has 5 nitrogen and oxygen atoms in total. The molecule has 5 heteroatoms. The number of hydrogen-bond donors (Lipinski definition) is 3. The number of nitrogens with one attached hydrogen (secondary N) is 1. The highest BCUT2D eigenvalue weighted by molar-refractivity contribution is 5.94. The van der Waals surface area contributed by atoms with Crippen LogP contribution in [0.2, 0.25) is 0 Å². The van der Waals surface area contributed by atoms with Crippen LogP contribution in [0.25, 0.3) is 0 Å². The monoisotopic (exact) mass is 222 g/mol. The molecule has 86 valence electrons. The molecule has 0 bridgehead atoms. The van der Waals surface area contributed by atoms with E-state index in [9.17, 15) is 9.59 Å². The second kappa shape index (κ2) is 5.27. The summed E-state index contributed by atoms with van der Waals surface area (Å²) in [5, 5.41) is 11.5. The number of hydrogen-bond acceptors (Lipinski definition) is 3. The Balaban J connectivity index is 2.87. The molecule has 1 rings (SSSR count). The van der Waals surface area contributed by atoms with Gasteiger partial charge in [-0.15, -0.1) is 0 Å². The zero-order valence-corrected chi connectivity index (χ0v) is 8.99. The van der Waals surface area contributed by atoms with Crippen molar-refractivity contribution >= 4 is 17.6 Å². The number of carbonyl (C=O) groups excluding carboxylic acids is 1. The Morgan fingerprint density at radius 1 is 1.44 bits per heavy atom. The highest BCUT2D eigenvalue weighted by Crippen LogP contribution is 2.15. The molecule has 0 radical (unpaired) electrons. The Morgan fingerprint density at radius 2 is 2.12 bits per heavy atom. The van der Waals surface area contributed by atoms with Crippen LogP contribution in [0, 0.1) is 6.92 Å². The Bertz CT molecular complexity index is 416. The van der Waals surface area contributed by atoms with E-state index in [4.69, 9.17) is 10.8 Å². The van der Waals surface area contributed by atoms with E-state index in [-0.39, 0.29) is 24.4 Å². The van der Waals surface area contributed by atoms with Crippen molar-refractivity contribution in [3.8, 4) is 0 Å². The summed E-state index contributed by atoms with van der Waals surface area (Å²) in [7, 11) is 0. The second-order valence-electron chi connectivity index (χ2n) is 3.42. The Hall–Kier alpha value is -1.88. The smallest absolute Gasteiger partial charge is 0.336 e. The van der Waals surface area contributed by atoms with Crippen LogP contribution in [-0.4, -0.2) is 23.5 Å². The highest BCUT2D eigenvalue weighted by atomic mass is 16.4. The summed E-state index contributed by atoms with van der Waals surface area (Å²) >= 11 is 0. The highest BCUT2D eigenvalue weighted by Gasteiger charge is 2.08. The van der Waals surface area contributed by atoms with Gasteiger partial charge in [-0.05, 0) is 24.6 Å². The number of aryl methyl sites for hydroxylation is 1. The lowest BCUT2D eigenvalue weighted by molar-refractivity contribution is -0.116. The molecule has 1 aromatic rings.